The highest BCUT2D eigenvalue weighted by molar-refractivity contribution is 9.10. The van der Waals surface area contributed by atoms with Gasteiger partial charge in [0.1, 0.15) is 22.4 Å². The average molecular weight is 353 g/mol. The van der Waals surface area contributed by atoms with Gasteiger partial charge < -0.3 is 20.5 Å². The lowest BCUT2D eigenvalue weighted by Crippen LogP contribution is -2.08. The van der Waals surface area contributed by atoms with Crippen LogP contribution in [0.25, 0.3) is 0 Å². The van der Waals surface area contributed by atoms with Crippen LogP contribution < -0.4 is 20.5 Å². The maximum atomic E-state index is 5.70. The summed E-state index contributed by atoms with van der Waals surface area (Å²) in [6.45, 7) is 0.713. The van der Waals surface area contributed by atoms with Crippen molar-refractivity contribution in [2.75, 3.05) is 31.8 Å². The predicted octanol–water partition coefficient (Wildman–Crippen LogP) is 2.49. The highest BCUT2D eigenvalue weighted by Crippen LogP contribution is 2.28. The van der Waals surface area contributed by atoms with Crippen LogP contribution in [0, 0.1) is 0 Å². The van der Waals surface area contributed by atoms with Crippen molar-refractivity contribution in [2.45, 2.75) is 6.42 Å². The second-order valence-corrected chi connectivity index (χ2v) is 5.08. The van der Waals surface area contributed by atoms with E-state index in [2.05, 4.69) is 31.2 Å². The monoisotopic (exact) mass is 352 g/mol. The Kier molecular flexibility index (Phi) is 5.21. The summed E-state index contributed by atoms with van der Waals surface area (Å²) in [6, 6.07) is 5.86. The topological polar surface area (TPSA) is 82.3 Å². The van der Waals surface area contributed by atoms with Gasteiger partial charge in [-0.25, -0.2) is 9.97 Å². The first-order valence-electron chi connectivity index (χ1n) is 6.36. The number of aromatic nitrogens is 2. The van der Waals surface area contributed by atoms with E-state index < -0.39 is 0 Å². The van der Waals surface area contributed by atoms with Gasteiger partial charge in [0.25, 0.3) is 0 Å². The highest BCUT2D eigenvalue weighted by Gasteiger charge is 2.07. The third-order valence-corrected chi connectivity index (χ3v) is 3.75. The van der Waals surface area contributed by atoms with Gasteiger partial charge in [0.2, 0.25) is 0 Å². The third kappa shape index (κ3) is 3.75. The maximum Gasteiger partial charge on any atom is 0.160 e. The number of nitrogens with two attached hydrogens (primary N) is 1. The Morgan fingerprint density at radius 1 is 1.19 bits per heavy atom. The molecule has 6 nitrogen and oxygen atoms in total. The second kappa shape index (κ2) is 7.12. The van der Waals surface area contributed by atoms with Crippen LogP contribution in [0.1, 0.15) is 5.56 Å². The number of rotatable bonds is 6. The lowest BCUT2D eigenvalue weighted by molar-refractivity contribution is 0.354. The normalized spacial score (nSPS) is 10.2. The van der Waals surface area contributed by atoms with Gasteiger partial charge in [-0.2, -0.15) is 0 Å². The molecule has 1 heterocycles. The molecule has 3 N–H and O–H groups in total. The fourth-order valence-electron chi connectivity index (χ4n) is 1.87. The lowest BCUT2D eigenvalue weighted by Gasteiger charge is -2.11. The van der Waals surface area contributed by atoms with Gasteiger partial charge in [-0.05, 0) is 40.0 Å². The molecule has 2 rings (SSSR count). The summed E-state index contributed by atoms with van der Waals surface area (Å²) in [5.74, 6) is 2.55. The van der Waals surface area contributed by atoms with Crippen molar-refractivity contribution in [2.24, 2.45) is 0 Å². The first-order chi connectivity index (χ1) is 10.2. The first kappa shape index (κ1) is 15.4. The fraction of sp³-hybridized carbons (Fsp3) is 0.286. The van der Waals surface area contributed by atoms with E-state index in [9.17, 15) is 0 Å². The summed E-state index contributed by atoms with van der Waals surface area (Å²) in [5.41, 5.74) is 6.84. The van der Waals surface area contributed by atoms with Crippen LogP contribution >= 0.6 is 15.9 Å². The van der Waals surface area contributed by atoms with E-state index in [1.54, 1.807) is 14.2 Å². The van der Waals surface area contributed by atoms with Crippen molar-refractivity contribution < 1.29 is 9.47 Å². The van der Waals surface area contributed by atoms with Crippen LogP contribution in [0.5, 0.6) is 11.5 Å². The van der Waals surface area contributed by atoms with E-state index in [-0.39, 0.29) is 0 Å². The molecule has 1 aromatic carbocycles. The van der Waals surface area contributed by atoms with Crippen molar-refractivity contribution in [3.8, 4) is 11.5 Å². The lowest BCUT2D eigenvalue weighted by atomic mass is 10.1. The van der Waals surface area contributed by atoms with Gasteiger partial charge in [0.05, 0.1) is 14.2 Å². The summed E-state index contributed by atoms with van der Waals surface area (Å²) < 4.78 is 11.2. The number of methoxy groups -OCH3 is 2. The minimum absolute atomic E-state index is 0.415. The van der Waals surface area contributed by atoms with Gasteiger partial charge in [0, 0.05) is 6.54 Å². The molecule has 0 atom stereocenters. The van der Waals surface area contributed by atoms with Gasteiger partial charge in [-0.15, -0.1) is 0 Å². The van der Waals surface area contributed by atoms with Crippen LogP contribution in [-0.4, -0.2) is 30.7 Å². The molecule has 0 saturated carbocycles. The number of ether oxygens (including phenoxy) is 2. The minimum atomic E-state index is 0.415. The Morgan fingerprint density at radius 2 is 1.95 bits per heavy atom. The minimum Gasteiger partial charge on any atom is -0.493 e. The number of halogens is 1. The highest BCUT2D eigenvalue weighted by atomic mass is 79.9. The second-order valence-electron chi connectivity index (χ2n) is 4.29. The summed E-state index contributed by atoms with van der Waals surface area (Å²) in [6.07, 6.45) is 2.25. The van der Waals surface area contributed by atoms with Crippen molar-refractivity contribution in [3.05, 3.63) is 34.6 Å². The predicted molar refractivity (Wildman–Crippen MR) is 85.9 cm³/mol. The number of nitrogens with zero attached hydrogens (tertiary/aromatic N) is 2. The molecule has 0 aliphatic carbocycles. The molecule has 0 aliphatic rings. The molecule has 0 amide bonds. The number of nitrogen functional groups attached to an aromatic ring is 1. The number of benzene rings is 1. The van der Waals surface area contributed by atoms with Gasteiger partial charge in [-0.1, -0.05) is 6.07 Å². The summed E-state index contributed by atoms with van der Waals surface area (Å²) in [7, 11) is 3.25. The fourth-order valence-corrected chi connectivity index (χ4v) is 2.21. The van der Waals surface area contributed by atoms with Gasteiger partial charge in [-0.3, -0.25) is 0 Å². The summed E-state index contributed by atoms with van der Waals surface area (Å²) in [5, 5.41) is 3.22. The summed E-state index contributed by atoms with van der Waals surface area (Å²) >= 11 is 3.36. The molecular formula is C14H17BrN4O2. The Hall–Kier alpha value is -2.02. The number of nitrogens with one attached hydrogen (secondary N) is 1. The van der Waals surface area contributed by atoms with E-state index in [0.717, 1.165) is 23.5 Å². The molecule has 0 saturated heterocycles. The zero-order valence-corrected chi connectivity index (χ0v) is 13.5. The largest absolute Gasteiger partial charge is 0.493 e. The Morgan fingerprint density at radius 3 is 2.67 bits per heavy atom. The molecule has 0 spiro atoms. The molecule has 0 bridgehead atoms. The number of hydrogen-bond donors (Lipinski definition) is 2. The molecule has 2 aromatic rings. The van der Waals surface area contributed by atoms with Gasteiger partial charge >= 0.3 is 0 Å². The molecule has 7 heteroatoms. The molecule has 1 aromatic heterocycles. The summed E-state index contributed by atoms with van der Waals surface area (Å²) in [4.78, 5) is 8.03. The molecule has 112 valence electrons. The van der Waals surface area contributed by atoms with E-state index in [4.69, 9.17) is 15.2 Å². The SMILES string of the molecule is COc1ccc(CCNc2ncnc(N)c2Br)cc1OC. The quantitative estimate of drug-likeness (QED) is 0.830. The molecule has 0 fully saturated rings. The molecule has 0 radical (unpaired) electrons. The van der Waals surface area contributed by atoms with Crippen molar-refractivity contribution in [1.82, 2.24) is 9.97 Å². The average Bonchev–Trinajstić information content (AvgIpc) is 2.51. The van der Waals surface area contributed by atoms with E-state index >= 15 is 0 Å². The third-order valence-electron chi connectivity index (χ3n) is 2.97. The van der Waals surface area contributed by atoms with E-state index in [0.29, 0.717) is 22.7 Å². The van der Waals surface area contributed by atoms with Crippen LogP contribution in [-0.2, 0) is 6.42 Å². The van der Waals surface area contributed by atoms with Crippen molar-refractivity contribution in [3.63, 3.8) is 0 Å². The number of hydrogen-bond acceptors (Lipinski definition) is 6. The van der Waals surface area contributed by atoms with Crippen LogP contribution in [0.2, 0.25) is 0 Å². The Bertz CT molecular complexity index is 622. The van der Waals surface area contributed by atoms with Crippen molar-refractivity contribution >= 4 is 27.6 Å². The molecular weight excluding hydrogens is 336 g/mol. The first-order valence-corrected chi connectivity index (χ1v) is 7.15. The van der Waals surface area contributed by atoms with E-state index in [1.165, 1.54) is 6.33 Å². The van der Waals surface area contributed by atoms with Crippen LogP contribution in [0.15, 0.2) is 29.0 Å². The van der Waals surface area contributed by atoms with Crippen molar-refractivity contribution in [1.29, 1.82) is 0 Å². The molecule has 0 aliphatic heterocycles. The maximum absolute atomic E-state index is 5.70. The van der Waals surface area contributed by atoms with Crippen LogP contribution in [0.4, 0.5) is 11.6 Å². The number of anilines is 2. The smallest absolute Gasteiger partial charge is 0.160 e. The standard InChI is InChI=1S/C14H17BrN4O2/c1-20-10-4-3-9(7-11(10)21-2)5-6-17-14-12(15)13(16)18-8-19-14/h3-4,7-8H,5-6H2,1-2H3,(H3,16,17,18,19). The van der Waals surface area contributed by atoms with Gasteiger partial charge in [0.15, 0.2) is 11.5 Å². The zero-order chi connectivity index (χ0) is 15.2. The molecule has 0 unspecified atom stereocenters. The Labute approximate surface area is 131 Å². The van der Waals surface area contributed by atoms with E-state index in [1.807, 2.05) is 18.2 Å². The Balaban J connectivity index is 1.99. The molecule has 21 heavy (non-hydrogen) atoms. The zero-order valence-electron chi connectivity index (χ0n) is 11.9. The van der Waals surface area contributed by atoms with Crippen LogP contribution in [0.3, 0.4) is 0 Å².